The van der Waals surface area contributed by atoms with Gasteiger partial charge in [-0.1, -0.05) is 30.3 Å². The lowest BCUT2D eigenvalue weighted by Gasteiger charge is -2.11. The van der Waals surface area contributed by atoms with Gasteiger partial charge in [0.15, 0.2) is 0 Å². The lowest BCUT2D eigenvalue weighted by atomic mass is 10.1. The minimum Gasteiger partial charge on any atom is -0.495 e. The number of pyridine rings is 1. The van der Waals surface area contributed by atoms with Gasteiger partial charge in [-0.25, -0.2) is 9.37 Å². The molecule has 3 rings (SSSR count). The van der Waals surface area contributed by atoms with Gasteiger partial charge in [0.05, 0.1) is 24.7 Å². The maximum atomic E-state index is 13.6. The van der Waals surface area contributed by atoms with Gasteiger partial charge in [-0.3, -0.25) is 4.79 Å². The van der Waals surface area contributed by atoms with Crippen molar-refractivity contribution in [1.82, 2.24) is 10.3 Å². The first kappa shape index (κ1) is 18.4. The molecule has 0 unspecified atom stereocenters. The number of amides is 1. The Hall–Kier alpha value is -3.41. The lowest BCUT2D eigenvalue weighted by molar-refractivity contribution is 0.0949. The highest BCUT2D eigenvalue weighted by Crippen LogP contribution is 2.26. The number of aromatic nitrogens is 1. The summed E-state index contributed by atoms with van der Waals surface area (Å²) < 4.78 is 18.9. The molecule has 0 spiro atoms. The summed E-state index contributed by atoms with van der Waals surface area (Å²) in [5, 5.41) is 5.95. The molecular formula is C21H20FN3O2. The van der Waals surface area contributed by atoms with Gasteiger partial charge in [-0.15, -0.1) is 0 Å². The third kappa shape index (κ3) is 4.82. The lowest BCUT2D eigenvalue weighted by Crippen LogP contribution is -2.26. The molecule has 6 heteroatoms. The third-order valence-corrected chi connectivity index (χ3v) is 4.02. The smallest absolute Gasteiger partial charge is 0.269 e. The molecule has 2 N–H and O–H groups in total. The second kappa shape index (κ2) is 8.80. The van der Waals surface area contributed by atoms with Gasteiger partial charge in [0.25, 0.3) is 5.91 Å². The molecule has 0 fully saturated rings. The van der Waals surface area contributed by atoms with Crippen molar-refractivity contribution < 1.29 is 13.9 Å². The van der Waals surface area contributed by atoms with Crippen LogP contribution in [0, 0.1) is 5.82 Å². The van der Waals surface area contributed by atoms with E-state index in [1.54, 1.807) is 43.6 Å². The number of methoxy groups -OCH3 is 1. The van der Waals surface area contributed by atoms with Crippen LogP contribution < -0.4 is 15.4 Å². The summed E-state index contributed by atoms with van der Waals surface area (Å²) >= 11 is 0. The summed E-state index contributed by atoms with van der Waals surface area (Å²) in [5.41, 5.74) is 2.42. The molecule has 0 atom stereocenters. The molecule has 0 aliphatic heterocycles. The van der Waals surface area contributed by atoms with Crippen LogP contribution in [0.1, 0.15) is 16.1 Å². The van der Waals surface area contributed by atoms with Crippen LogP contribution in [0.3, 0.4) is 0 Å². The van der Waals surface area contributed by atoms with Crippen LogP contribution in [0.4, 0.5) is 15.8 Å². The average molecular weight is 365 g/mol. The molecule has 3 aromatic rings. The number of ether oxygens (including phenoxy) is 1. The second-order valence-corrected chi connectivity index (χ2v) is 5.85. The van der Waals surface area contributed by atoms with Crippen molar-refractivity contribution in [2.75, 3.05) is 19.0 Å². The zero-order chi connectivity index (χ0) is 19.1. The largest absolute Gasteiger partial charge is 0.495 e. The Morgan fingerprint density at radius 2 is 1.85 bits per heavy atom. The Kier molecular flexibility index (Phi) is 5.99. The highest BCUT2D eigenvalue weighted by atomic mass is 19.1. The molecule has 0 radical (unpaired) electrons. The first-order valence-electron chi connectivity index (χ1n) is 8.55. The van der Waals surface area contributed by atoms with Crippen LogP contribution in [-0.2, 0) is 6.42 Å². The molecule has 5 nitrogen and oxygen atoms in total. The predicted octanol–water partition coefficient (Wildman–Crippen LogP) is 3.95. The van der Waals surface area contributed by atoms with Gasteiger partial charge in [0, 0.05) is 6.54 Å². The summed E-state index contributed by atoms with van der Waals surface area (Å²) in [6.45, 7) is 0.336. The van der Waals surface area contributed by atoms with E-state index < -0.39 is 0 Å². The summed E-state index contributed by atoms with van der Waals surface area (Å²) in [7, 11) is 1.60. The zero-order valence-corrected chi connectivity index (χ0v) is 14.9. The van der Waals surface area contributed by atoms with E-state index in [4.69, 9.17) is 4.74 Å². The molecule has 138 valence electrons. The SMILES string of the molecule is COc1ccccc1Nc1ccc(C(=O)NCCc2ccccc2F)nc1. The Balaban J connectivity index is 1.56. The van der Waals surface area contributed by atoms with Gasteiger partial charge < -0.3 is 15.4 Å². The highest BCUT2D eigenvalue weighted by Gasteiger charge is 2.08. The number of rotatable bonds is 7. The van der Waals surface area contributed by atoms with Crippen molar-refractivity contribution in [2.45, 2.75) is 6.42 Å². The van der Waals surface area contributed by atoms with Crippen molar-refractivity contribution in [3.8, 4) is 5.75 Å². The Labute approximate surface area is 157 Å². The number of hydrogen-bond donors (Lipinski definition) is 2. The Bertz CT molecular complexity index is 913. The number of para-hydroxylation sites is 2. The molecule has 1 amide bonds. The van der Waals surface area contributed by atoms with E-state index >= 15 is 0 Å². The topological polar surface area (TPSA) is 63.2 Å². The van der Waals surface area contributed by atoms with Crippen molar-refractivity contribution >= 4 is 17.3 Å². The number of nitrogens with one attached hydrogen (secondary N) is 2. The van der Waals surface area contributed by atoms with Crippen LogP contribution in [0.25, 0.3) is 0 Å². The summed E-state index contributed by atoms with van der Waals surface area (Å²) in [5.74, 6) is 0.152. The fourth-order valence-electron chi connectivity index (χ4n) is 2.61. The first-order valence-corrected chi connectivity index (χ1v) is 8.55. The van der Waals surface area contributed by atoms with Crippen LogP contribution in [0.5, 0.6) is 5.75 Å². The maximum absolute atomic E-state index is 13.6. The fraction of sp³-hybridized carbons (Fsp3) is 0.143. The standard InChI is InChI=1S/C21H20FN3O2/c1-27-20-9-5-4-8-18(20)25-16-10-11-19(24-14-16)21(26)23-13-12-15-6-2-3-7-17(15)22/h2-11,14,25H,12-13H2,1H3,(H,23,26). The molecule has 0 saturated heterocycles. The summed E-state index contributed by atoms with van der Waals surface area (Å²) in [4.78, 5) is 16.4. The van der Waals surface area contributed by atoms with Gasteiger partial charge in [0.2, 0.25) is 0 Å². The average Bonchev–Trinajstić information content (AvgIpc) is 2.70. The highest BCUT2D eigenvalue weighted by molar-refractivity contribution is 5.92. The number of halogens is 1. The van der Waals surface area contributed by atoms with Crippen molar-refractivity contribution in [3.63, 3.8) is 0 Å². The molecular weight excluding hydrogens is 345 g/mol. The van der Waals surface area contributed by atoms with Crippen LogP contribution in [0.15, 0.2) is 66.9 Å². The van der Waals surface area contributed by atoms with Gasteiger partial charge in [0.1, 0.15) is 17.3 Å². The second-order valence-electron chi connectivity index (χ2n) is 5.85. The summed E-state index contributed by atoms with van der Waals surface area (Å²) in [6, 6.07) is 17.5. The van der Waals surface area contributed by atoms with Gasteiger partial charge >= 0.3 is 0 Å². The van der Waals surface area contributed by atoms with E-state index in [9.17, 15) is 9.18 Å². The zero-order valence-electron chi connectivity index (χ0n) is 14.9. The van der Waals surface area contributed by atoms with Crippen molar-refractivity contribution in [1.29, 1.82) is 0 Å². The molecule has 27 heavy (non-hydrogen) atoms. The first-order chi connectivity index (χ1) is 13.2. The molecule has 1 heterocycles. The van der Waals surface area contributed by atoms with Crippen molar-refractivity contribution in [2.24, 2.45) is 0 Å². The van der Waals surface area contributed by atoms with E-state index in [-0.39, 0.29) is 11.7 Å². The van der Waals surface area contributed by atoms with E-state index in [0.29, 0.717) is 30.0 Å². The van der Waals surface area contributed by atoms with E-state index in [2.05, 4.69) is 15.6 Å². The fourth-order valence-corrected chi connectivity index (χ4v) is 2.61. The van der Waals surface area contributed by atoms with E-state index in [0.717, 1.165) is 11.4 Å². The number of hydrogen-bond acceptors (Lipinski definition) is 4. The third-order valence-electron chi connectivity index (χ3n) is 4.02. The van der Waals surface area contributed by atoms with Crippen LogP contribution in [-0.4, -0.2) is 24.5 Å². The quantitative estimate of drug-likeness (QED) is 0.666. The number of anilines is 2. The number of nitrogens with zero attached hydrogens (tertiary/aromatic N) is 1. The van der Waals surface area contributed by atoms with E-state index in [1.807, 2.05) is 24.3 Å². The molecule has 0 aliphatic carbocycles. The maximum Gasteiger partial charge on any atom is 0.269 e. The minimum absolute atomic E-state index is 0.267. The molecule has 0 aliphatic rings. The van der Waals surface area contributed by atoms with Crippen LogP contribution in [0.2, 0.25) is 0 Å². The molecule has 1 aromatic heterocycles. The van der Waals surface area contributed by atoms with Crippen molar-refractivity contribution in [3.05, 3.63) is 83.9 Å². The normalized spacial score (nSPS) is 10.3. The van der Waals surface area contributed by atoms with Gasteiger partial charge in [-0.05, 0) is 42.3 Å². The Morgan fingerprint density at radius 3 is 2.59 bits per heavy atom. The number of carbonyl (C=O) groups is 1. The van der Waals surface area contributed by atoms with Gasteiger partial charge in [-0.2, -0.15) is 0 Å². The Morgan fingerprint density at radius 1 is 1.07 bits per heavy atom. The predicted molar refractivity (Wildman–Crippen MR) is 103 cm³/mol. The van der Waals surface area contributed by atoms with E-state index in [1.165, 1.54) is 6.07 Å². The minimum atomic E-state index is -0.296. The molecule has 2 aromatic carbocycles. The monoisotopic (exact) mass is 365 g/mol. The molecule has 0 bridgehead atoms. The summed E-state index contributed by atoms with van der Waals surface area (Å²) in [6.07, 6.45) is 2.00. The molecule has 0 saturated carbocycles. The number of carbonyl (C=O) groups excluding carboxylic acids is 1. The number of benzene rings is 2. The van der Waals surface area contributed by atoms with Crippen LogP contribution >= 0.6 is 0 Å².